The van der Waals surface area contributed by atoms with Crippen LogP contribution in [0.4, 0.5) is 5.69 Å². The first kappa shape index (κ1) is 17.1. The molecule has 0 radical (unpaired) electrons. The number of hydrogen-bond acceptors (Lipinski definition) is 4. The predicted octanol–water partition coefficient (Wildman–Crippen LogP) is 4.60. The second-order valence-electron chi connectivity index (χ2n) is 7.30. The number of rotatable bonds is 2. The van der Waals surface area contributed by atoms with Crippen LogP contribution in [0.5, 0.6) is 0 Å². The highest BCUT2D eigenvalue weighted by Gasteiger charge is 2.33. The molecule has 6 heteroatoms. The first-order chi connectivity index (χ1) is 13.5. The van der Waals surface area contributed by atoms with E-state index in [1.54, 1.807) is 16.0 Å². The fourth-order valence-electron chi connectivity index (χ4n) is 4.17. The van der Waals surface area contributed by atoms with Gasteiger partial charge in [0.05, 0.1) is 27.2 Å². The number of anilines is 1. The quantitative estimate of drug-likeness (QED) is 0.504. The highest BCUT2D eigenvalue weighted by Crippen LogP contribution is 2.36. The Bertz CT molecular complexity index is 1210. The van der Waals surface area contributed by atoms with E-state index < -0.39 is 0 Å². The van der Waals surface area contributed by atoms with Crippen molar-refractivity contribution in [1.82, 2.24) is 14.8 Å². The van der Waals surface area contributed by atoms with Gasteiger partial charge in [-0.2, -0.15) is 5.10 Å². The molecule has 0 N–H and O–H groups in total. The van der Waals surface area contributed by atoms with Crippen molar-refractivity contribution in [2.24, 2.45) is 7.05 Å². The summed E-state index contributed by atoms with van der Waals surface area (Å²) in [6.45, 7) is 4.04. The SMILES string of the molecule is Cc1nn(C)c2nc(-c3cccs3)cc(C(=O)N3c4ccccc4C[C@@H]3C)c12. The number of nitrogens with zero attached hydrogens (tertiary/aromatic N) is 4. The minimum Gasteiger partial charge on any atom is -0.305 e. The van der Waals surface area contributed by atoms with Gasteiger partial charge in [0.15, 0.2) is 5.65 Å². The van der Waals surface area contributed by atoms with Crippen LogP contribution in [-0.2, 0) is 13.5 Å². The number of fused-ring (bicyclic) bond motifs is 2. The predicted molar refractivity (Wildman–Crippen MR) is 113 cm³/mol. The molecule has 0 aliphatic carbocycles. The van der Waals surface area contributed by atoms with E-state index in [2.05, 4.69) is 18.1 Å². The fraction of sp³-hybridized carbons (Fsp3) is 0.227. The number of pyridine rings is 1. The molecular formula is C22H20N4OS. The minimum atomic E-state index is 0.0127. The molecule has 0 unspecified atom stereocenters. The average Bonchev–Trinajstić information content (AvgIpc) is 3.39. The summed E-state index contributed by atoms with van der Waals surface area (Å²) in [5.41, 5.74) is 5.27. The van der Waals surface area contributed by atoms with Crippen LogP contribution in [0.2, 0.25) is 0 Å². The number of carbonyl (C=O) groups excluding carboxylic acids is 1. The number of benzene rings is 1. The lowest BCUT2D eigenvalue weighted by atomic mass is 10.1. The van der Waals surface area contributed by atoms with Crippen molar-refractivity contribution < 1.29 is 4.79 Å². The van der Waals surface area contributed by atoms with Crippen molar-refractivity contribution >= 4 is 34.0 Å². The van der Waals surface area contributed by atoms with Gasteiger partial charge in [-0.05, 0) is 49.4 Å². The van der Waals surface area contributed by atoms with E-state index in [0.29, 0.717) is 5.56 Å². The molecule has 1 aliphatic rings. The van der Waals surface area contributed by atoms with Crippen LogP contribution in [0.25, 0.3) is 21.6 Å². The van der Waals surface area contributed by atoms with Gasteiger partial charge >= 0.3 is 0 Å². The van der Waals surface area contributed by atoms with Gasteiger partial charge in [0, 0.05) is 18.8 Å². The third-order valence-corrected chi connectivity index (χ3v) is 6.29. The molecule has 4 heterocycles. The zero-order valence-corrected chi connectivity index (χ0v) is 16.8. The number of aromatic nitrogens is 3. The Kier molecular flexibility index (Phi) is 3.84. The Labute approximate surface area is 167 Å². The highest BCUT2D eigenvalue weighted by atomic mass is 32.1. The third-order valence-electron chi connectivity index (χ3n) is 5.40. The van der Waals surface area contributed by atoms with Crippen molar-refractivity contribution in [1.29, 1.82) is 0 Å². The minimum absolute atomic E-state index is 0.0127. The Balaban J connectivity index is 1.73. The van der Waals surface area contributed by atoms with Crippen LogP contribution in [0.3, 0.4) is 0 Å². The Morgan fingerprint density at radius 3 is 2.82 bits per heavy atom. The van der Waals surface area contributed by atoms with Crippen molar-refractivity contribution in [2.75, 3.05) is 4.90 Å². The average molecular weight is 388 g/mol. The summed E-state index contributed by atoms with van der Waals surface area (Å²) >= 11 is 1.62. The number of aryl methyl sites for hydroxylation is 2. The molecule has 1 atom stereocenters. The lowest BCUT2D eigenvalue weighted by molar-refractivity contribution is 0.0983. The molecule has 1 aromatic carbocycles. The van der Waals surface area contributed by atoms with Gasteiger partial charge in [-0.25, -0.2) is 4.98 Å². The van der Waals surface area contributed by atoms with Crippen LogP contribution < -0.4 is 4.90 Å². The van der Waals surface area contributed by atoms with Gasteiger partial charge in [0.25, 0.3) is 5.91 Å². The van der Waals surface area contributed by atoms with E-state index in [1.807, 2.05) is 60.6 Å². The van der Waals surface area contributed by atoms with Gasteiger partial charge in [-0.1, -0.05) is 24.3 Å². The Hall–Kier alpha value is -2.99. The second kappa shape index (κ2) is 6.27. The first-order valence-electron chi connectivity index (χ1n) is 9.34. The van der Waals surface area contributed by atoms with Crippen LogP contribution in [0.1, 0.15) is 28.5 Å². The molecule has 0 spiro atoms. The lowest BCUT2D eigenvalue weighted by Gasteiger charge is -2.23. The summed E-state index contributed by atoms with van der Waals surface area (Å²) in [6.07, 6.45) is 0.875. The second-order valence-corrected chi connectivity index (χ2v) is 8.24. The van der Waals surface area contributed by atoms with E-state index in [-0.39, 0.29) is 11.9 Å². The summed E-state index contributed by atoms with van der Waals surface area (Å²) < 4.78 is 1.76. The van der Waals surface area contributed by atoms with Gasteiger partial charge in [0.1, 0.15) is 0 Å². The molecule has 140 valence electrons. The van der Waals surface area contributed by atoms with E-state index in [9.17, 15) is 4.79 Å². The summed E-state index contributed by atoms with van der Waals surface area (Å²) in [5.74, 6) is 0.0127. The van der Waals surface area contributed by atoms with Crippen LogP contribution in [0, 0.1) is 6.92 Å². The molecule has 3 aromatic heterocycles. The Morgan fingerprint density at radius 1 is 1.21 bits per heavy atom. The van der Waals surface area contributed by atoms with Crippen molar-refractivity contribution in [3.63, 3.8) is 0 Å². The number of amides is 1. The van der Waals surface area contributed by atoms with Gasteiger partial charge < -0.3 is 4.90 Å². The molecule has 5 nitrogen and oxygen atoms in total. The maximum Gasteiger partial charge on any atom is 0.259 e. The van der Waals surface area contributed by atoms with Gasteiger partial charge in [0.2, 0.25) is 0 Å². The fourth-order valence-corrected chi connectivity index (χ4v) is 4.85. The highest BCUT2D eigenvalue weighted by molar-refractivity contribution is 7.13. The topological polar surface area (TPSA) is 51.0 Å². The largest absolute Gasteiger partial charge is 0.305 e. The van der Waals surface area contributed by atoms with E-state index in [4.69, 9.17) is 4.98 Å². The molecule has 0 saturated heterocycles. The summed E-state index contributed by atoms with van der Waals surface area (Å²) in [4.78, 5) is 21.6. The van der Waals surface area contributed by atoms with Crippen molar-refractivity contribution in [3.8, 4) is 10.6 Å². The molecule has 5 rings (SSSR count). The van der Waals surface area contributed by atoms with Crippen LogP contribution >= 0.6 is 11.3 Å². The maximum atomic E-state index is 13.8. The monoisotopic (exact) mass is 388 g/mol. The van der Waals surface area contributed by atoms with Crippen molar-refractivity contribution in [2.45, 2.75) is 26.3 Å². The first-order valence-corrected chi connectivity index (χ1v) is 10.2. The Morgan fingerprint density at radius 2 is 2.04 bits per heavy atom. The summed E-state index contributed by atoms with van der Waals surface area (Å²) in [5, 5.41) is 7.39. The zero-order valence-electron chi connectivity index (χ0n) is 16.0. The maximum absolute atomic E-state index is 13.8. The number of hydrogen-bond donors (Lipinski definition) is 0. The van der Waals surface area contributed by atoms with E-state index in [1.165, 1.54) is 5.56 Å². The standard InChI is InChI=1S/C22H20N4OS/c1-13-11-15-7-4-5-8-18(15)26(13)22(27)16-12-17(19-9-6-10-28-19)23-21-20(16)14(2)24-25(21)3/h4-10,12-13H,11H2,1-3H3/t13-/m0/s1. The van der Waals surface area contributed by atoms with E-state index >= 15 is 0 Å². The third kappa shape index (κ3) is 2.48. The molecule has 0 saturated carbocycles. The van der Waals surface area contributed by atoms with Crippen LogP contribution in [-0.4, -0.2) is 26.7 Å². The lowest BCUT2D eigenvalue weighted by Crippen LogP contribution is -2.36. The number of para-hydroxylation sites is 1. The molecule has 4 aromatic rings. The van der Waals surface area contributed by atoms with E-state index in [0.717, 1.165) is 39.4 Å². The smallest absolute Gasteiger partial charge is 0.259 e. The van der Waals surface area contributed by atoms with Crippen molar-refractivity contribution in [3.05, 3.63) is 64.7 Å². The van der Waals surface area contributed by atoms with Gasteiger partial charge in [-0.15, -0.1) is 11.3 Å². The molecular weight excluding hydrogens is 368 g/mol. The molecule has 28 heavy (non-hydrogen) atoms. The summed E-state index contributed by atoms with van der Waals surface area (Å²) in [6, 6.07) is 14.2. The molecule has 0 bridgehead atoms. The summed E-state index contributed by atoms with van der Waals surface area (Å²) in [7, 11) is 1.88. The molecule has 0 fully saturated rings. The molecule has 1 aliphatic heterocycles. The normalized spacial score (nSPS) is 16.0. The zero-order chi connectivity index (χ0) is 19.4. The van der Waals surface area contributed by atoms with Gasteiger partial charge in [-0.3, -0.25) is 9.48 Å². The molecule has 1 amide bonds. The number of carbonyl (C=O) groups is 1. The van der Waals surface area contributed by atoms with Crippen LogP contribution in [0.15, 0.2) is 47.8 Å². The number of thiophene rings is 1.